The van der Waals surface area contributed by atoms with Crippen molar-refractivity contribution in [1.29, 1.82) is 0 Å². The Bertz CT molecular complexity index is 740. The van der Waals surface area contributed by atoms with E-state index in [1.54, 1.807) is 21.9 Å². The number of likely N-dealkylation sites (tertiary alicyclic amines) is 2. The summed E-state index contributed by atoms with van der Waals surface area (Å²) in [5.74, 6) is -1.83. The predicted molar refractivity (Wildman–Crippen MR) is 97.5 cm³/mol. The molecule has 3 rings (SSSR count). The molecular weight excluding hydrogens is 379 g/mol. The van der Waals surface area contributed by atoms with Gasteiger partial charge in [0, 0.05) is 25.2 Å². The van der Waals surface area contributed by atoms with Crippen molar-refractivity contribution in [2.45, 2.75) is 31.7 Å². The van der Waals surface area contributed by atoms with E-state index in [1.807, 2.05) is 0 Å². The highest BCUT2D eigenvalue weighted by molar-refractivity contribution is 6.42. The number of nitrogens with zero attached hydrogens (tertiary/aromatic N) is 2. The molecule has 6 nitrogen and oxygen atoms in total. The summed E-state index contributed by atoms with van der Waals surface area (Å²) in [6.45, 7) is 1.24. The van der Waals surface area contributed by atoms with Crippen molar-refractivity contribution >= 4 is 41.0 Å². The van der Waals surface area contributed by atoms with Gasteiger partial charge in [-0.25, -0.2) is 0 Å². The molecule has 0 aliphatic carbocycles. The number of hydrogen-bond donors (Lipinski definition) is 1. The van der Waals surface area contributed by atoms with Gasteiger partial charge in [0.15, 0.2) is 0 Å². The molecule has 0 aromatic heterocycles. The number of aliphatic carboxylic acids is 1. The minimum absolute atomic E-state index is 0.165. The number of carboxylic acid groups (broad SMARTS) is 1. The van der Waals surface area contributed by atoms with E-state index in [9.17, 15) is 19.5 Å². The van der Waals surface area contributed by atoms with Gasteiger partial charge in [-0.2, -0.15) is 0 Å². The number of rotatable bonds is 3. The zero-order valence-corrected chi connectivity index (χ0v) is 15.7. The Hall–Kier alpha value is -1.79. The van der Waals surface area contributed by atoms with Crippen molar-refractivity contribution in [3.8, 4) is 0 Å². The molecule has 2 atom stereocenters. The fraction of sp³-hybridized carbons (Fsp3) is 0.500. The molecule has 0 saturated carbocycles. The van der Waals surface area contributed by atoms with Crippen LogP contribution in [0.3, 0.4) is 0 Å². The van der Waals surface area contributed by atoms with Crippen molar-refractivity contribution in [3.05, 3.63) is 33.8 Å². The van der Waals surface area contributed by atoms with Crippen molar-refractivity contribution in [2.75, 3.05) is 19.6 Å². The molecule has 140 valence electrons. The van der Waals surface area contributed by atoms with Crippen molar-refractivity contribution in [2.24, 2.45) is 5.92 Å². The lowest BCUT2D eigenvalue weighted by molar-refractivity contribution is -0.146. The first-order chi connectivity index (χ1) is 12.4. The number of carboxylic acids is 1. The Balaban J connectivity index is 1.74. The summed E-state index contributed by atoms with van der Waals surface area (Å²) in [6.07, 6.45) is 2.56. The summed E-state index contributed by atoms with van der Waals surface area (Å²) < 4.78 is 0. The van der Waals surface area contributed by atoms with E-state index in [2.05, 4.69) is 0 Å². The second-order valence-corrected chi connectivity index (χ2v) is 7.56. The molecule has 26 heavy (non-hydrogen) atoms. The van der Waals surface area contributed by atoms with E-state index in [-0.39, 0.29) is 18.4 Å². The van der Waals surface area contributed by atoms with E-state index in [4.69, 9.17) is 23.2 Å². The van der Waals surface area contributed by atoms with Gasteiger partial charge < -0.3 is 14.9 Å². The zero-order chi connectivity index (χ0) is 18.8. The first-order valence-corrected chi connectivity index (χ1v) is 9.41. The third kappa shape index (κ3) is 3.81. The molecule has 1 aromatic rings. The molecule has 2 saturated heterocycles. The lowest BCUT2D eigenvalue weighted by atomic mass is 9.97. The number of carbonyl (C=O) groups excluding carboxylic acids is 2. The Morgan fingerprint density at radius 3 is 2.46 bits per heavy atom. The van der Waals surface area contributed by atoms with Gasteiger partial charge in [-0.3, -0.25) is 14.4 Å². The molecule has 2 aliphatic heterocycles. The summed E-state index contributed by atoms with van der Waals surface area (Å²) >= 11 is 11.9. The monoisotopic (exact) mass is 398 g/mol. The largest absolute Gasteiger partial charge is 0.481 e. The van der Waals surface area contributed by atoms with Crippen LogP contribution in [0, 0.1) is 5.92 Å². The van der Waals surface area contributed by atoms with E-state index >= 15 is 0 Å². The van der Waals surface area contributed by atoms with Crippen LogP contribution in [0.25, 0.3) is 0 Å². The summed E-state index contributed by atoms with van der Waals surface area (Å²) in [6, 6.07) is 4.11. The molecule has 2 amide bonds. The molecule has 8 heteroatoms. The summed E-state index contributed by atoms with van der Waals surface area (Å²) in [7, 11) is 0. The third-order valence-electron chi connectivity index (χ3n) is 5.05. The van der Waals surface area contributed by atoms with Crippen LogP contribution in [-0.2, 0) is 9.59 Å². The number of halogens is 2. The Labute approximate surface area is 161 Å². The minimum Gasteiger partial charge on any atom is -0.481 e. The Kier molecular flexibility index (Phi) is 5.73. The molecule has 1 aromatic carbocycles. The molecule has 2 aliphatic rings. The summed E-state index contributed by atoms with van der Waals surface area (Å²) in [5.41, 5.74) is 0.390. The molecule has 0 spiro atoms. The number of carbonyl (C=O) groups is 3. The topological polar surface area (TPSA) is 77.9 Å². The highest BCUT2D eigenvalue weighted by atomic mass is 35.5. The lowest BCUT2D eigenvalue weighted by Crippen LogP contribution is -2.51. The molecule has 2 fully saturated rings. The first kappa shape index (κ1) is 19.0. The molecule has 1 N–H and O–H groups in total. The van der Waals surface area contributed by atoms with Crippen LogP contribution in [-0.4, -0.2) is 58.4 Å². The van der Waals surface area contributed by atoms with E-state index in [0.717, 1.165) is 6.42 Å². The van der Waals surface area contributed by atoms with Gasteiger partial charge in [0.2, 0.25) is 5.91 Å². The summed E-state index contributed by atoms with van der Waals surface area (Å²) in [5, 5.41) is 9.87. The number of amides is 2. The quantitative estimate of drug-likeness (QED) is 0.848. The zero-order valence-electron chi connectivity index (χ0n) is 14.2. The number of hydrogen-bond acceptors (Lipinski definition) is 3. The standard InChI is InChI=1S/C18H20Cl2N2O4/c19-13-6-5-11(9-14(13)20)16(23)22-8-2-4-15(22)17(24)21-7-1-3-12(10-21)18(25)26/h5-6,9,12,15H,1-4,7-8,10H2,(H,25,26)/t12-,15?/m0/s1. The highest BCUT2D eigenvalue weighted by Gasteiger charge is 2.39. The van der Waals surface area contributed by atoms with Crippen LogP contribution in [0.4, 0.5) is 0 Å². The van der Waals surface area contributed by atoms with Crippen molar-refractivity contribution < 1.29 is 19.5 Å². The fourth-order valence-corrected chi connectivity index (χ4v) is 3.95. The molecule has 0 radical (unpaired) electrons. The summed E-state index contributed by atoms with van der Waals surface area (Å²) in [4.78, 5) is 40.2. The first-order valence-electron chi connectivity index (χ1n) is 8.66. The fourth-order valence-electron chi connectivity index (χ4n) is 3.65. The van der Waals surface area contributed by atoms with Gasteiger partial charge in [-0.05, 0) is 43.9 Å². The Morgan fingerprint density at radius 1 is 1.04 bits per heavy atom. The van der Waals surface area contributed by atoms with Gasteiger partial charge in [0.25, 0.3) is 5.91 Å². The van der Waals surface area contributed by atoms with Crippen LogP contribution in [0.1, 0.15) is 36.0 Å². The molecule has 2 heterocycles. The van der Waals surface area contributed by atoms with Gasteiger partial charge in [-0.1, -0.05) is 23.2 Å². The van der Waals surface area contributed by atoms with Crippen LogP contribution in [0.2, 0.25) is 10.0 Å². The molecule has 1 unspecified atom stereocenters. The van der Waals surface area contributed by atoms with Crippen LogP contribution >= 0.6 is 23.2 Å². The average molecular weight is 399 g/mol. The maximum atomic E-state index is 12.9. The molecule has 0 bridgehead atoms. The second-order valence-electron chi connectivity index (χ2n) is 6.75. The van der Waals surface area contributed by atoms with Crippen LogP contribution in [0.5, 0.6) is 0 Å². The van der Waals surface area contributed by atoms with E-state index in [0.29, 0.717) is 48.0 Å². The third-order valence-corrected chi connectivity index (χ3v) is 5.79. The second kappa shape index (κ2) is 7.84. The van der Waals surface area contributed by atoms with Gasteiger partial charge in [-0.15, -0.1) is 0 Å². The SMILES string of the molecule is O=C(O)[C@H]1CCCN(C(=O)C2CCCN2C(=O)c2ccc(Cl)c(Cl)c2)C1. The van der Waals surface area contributed by atoms with Gasteiger partial charge >= 0.3 is 5.97 Å². The average Bonchev–Trinajstić information content (AvgIpc) is 3.12. The van der Waals surface area contributed by atoms with E-state index < -0.39 is 17.9 Å². The predicted octanol–water partition coefficient (Wildman–Crippen LogP) is 2.92. The minimum atomic E-state index is -0.877. The number of piperidine rings is 1. The van der Waals surface area contributed by atoms with Crippen molar-refractivity contribution in [1.82, 2.24) is 9.80 Å². The Morgan fingerprint density at radius 2 is 1.77 bits per heavy atom. The van der Waals surface area contributed by atoms with Gasteiger partial charge in [0.05, 0.1) is 16.0 Å². The number of benzene rings is 1. The molecular formula is C18H20Cl2N2O4. The van der Waals surface area contributed by atoms with Gasteiger partial charge in [0.1, 0.15) is 6.04 Å². The highest BCUT2D eigenvalue weighted by Crippen LogP contribution is 2.27. The normalized spacial score (nSPS) is 23.2. The van der Waals surface area contributed by atoms with Crippen LogP contribution in [0.15, 0.2) is 18.2 Å². The smallest absolute Gasteiger partial charge is 0.308 e. The van der Waals surface area contributed by atoms with Crippen LogP contribution < -0.4 is 0 Å². The van der Waals surface area contributed by atoms with Crippen molar-refractivity contribution in [3.63, 3.8) is 0 Å². The maximum absolute atomic E-state index is 12.9. The maximum Gasteiger partial charge on any atom is 0.308 e. The lowest BCUT2D eigenvalue weighted by Gasteiger charge is -2.35. The van der Waals surface area contributed by atoms with E-state index in [1.165, 1.54) is 6.07 Å².